The number of Topliss-reactive ketones (excluding diaryl/α,β-unsaturated/α-hetero) is 1. The molecule has 6 nitrogen and oxygen atoms in total. The number of carbonyl (C=O) groups is 2. The number of benzene rings is 2. The van der Waals surface area contributed by atoms with E-state index in [9.17, 15) is 14.0 Å². The lowest BCUT2D eigenvalue weighted by Crippen LogP contribution is -2.34. The summed E-state index contributed by atoms with van der Waals surface area (Å²) in [4.78, 5) is 32.8. The third-order valence-corrected chi connectivity index (χ3v) is 6.79. The molecule has 2 aliphatic rings. The van der Waals surface area contributed by atoms with E-state index in [1.165, 1.54) is 19.2 Å². The van der Waals surface area contributed by atoms with Gasteiger partial charge >= 0.3 is 6.16 Å². The summed E-state index contributed by atoms with van der Waals surface area (Å²) in [6.07, 6.45) is 3.37. The van der Waals surface area contributed by atoms with Gasteiger partial charge in [-0.15, -0.1) is 0 Å². The standard InChI is InChI=1S/C28H27FN2O4/c1-34-28(33)35-26-23(19-11-13-21(29)14-12-19)24-22(32)15-16-31(17-18-7-3-2-4-8-18)27(24)30-25(26)20-9-5-6-10-20/h2-4,7-8,11-14,20H,5-6,9-10,15-17H2,1H3. The Kier molecular flexibility index (Phi) is 6.49. The molecule has 0 atom stereocenters. The molecule has 3 aromatic rings. The summed E-state index contributed by atoms with van der Waals surface area (Å²) in [7, 11) is 1.24. The number of hydrogen-bond donors (Lipinski definition) is 0. The Morgan fingerprint density at radius 2 is 1.77 bits per heavy atom. The van der Waals surface area contributed by atoms with Crippen molar-refractivity contribution in [2.45, 2.75) is 44.6 Å². The molecule has 0 radical (unpaired) electrons. The molecule has 0 bridgehead atoms. The second-order valence-corrected chi connectivity index (χ2v) is 9.02. The minimum atomic E-state index is -0.876. The van der Waals surface area contributed by atoms with Gasteiger partial charge in [0.2, 0.25) is 0 Å². The summed E-state index contributed by atoms with van der Waals surface area (Å²) in [5, 5.41) is 0. The van der Waals surface area contributed by atoms with Crippen LogP contribution in [-0.4, -0.2) is 30.6 Å². The molecule has 0 spiro atoms. The van der Waals surface area contributed by atoms with E-state index in [-0.39, 0.29) is 23.3 Å². The highest BCUT2D eigenvalue weighted by Crippen LogP contribution is 2.48. The molecule has 180 valence electrons. The van der Waals surface area contributed by atoms with E-state index in [0.717, 1.165) is 31.2 Å². The van der Waals surface area contributed by atoms with Gasteiger partial charge in [0, 0.05) is 31.0 Å². The molecule has 1 aromatic heterocycles. The molecule has 7 heteroatoms. The average Bonchev–Trinajstić information content (AvgIpc) is 3.41. The highest BCUT2D eigenvalue weighted by molar-refractivity contribution is 6.09. The van der Waals surface area contributed by atoms with Crippen molar-refractivity contribution in [3.63, 3.8) is 0 Å². The molecule has 0 N–H and O–H groups in total. The highest BCUT2D eigenvalue weighted by atomic mass is 19.1. The van der Waals surface area contributed by atoms with Crippen LogP contribution in [0.15, 0.2) is 54.6 Å². The van der Waals surface area contributed by atoms with Crippen LogP contribution in [0.25, 0.3) is 11.1 Å². The lowest BCUT2D eigenvalue weighted by molar-refractivity contribution is 0.0977. The minimum Gasteiger partial charge on any atom is -0.437 e. The monoisotopic (exact) mass is 474 g/mol. The normalized spacial score (nSPS) is 15.7. The molecular weight excluding hydrogens is 447 g/mol. The molecule has 5 rings (SSSR count). The Hall–Kier alpha value is -3.74. The SMILES string of the molecule is COC(=O)Oc1c(C2CCCC2)nc2c(c1-c1ccc(F)cc1)C(=O)CCN2Cc1ccccc1. The molecule has 1 saturated carbocycles. The van der Waals surface area contributed by atoms with E-state index < -0.39 is 6.16 Å². The van der Waals surface area contributed by atoms with Crippen LogP contribution in [0.5, 0.6) is 5.75 Å². The van der Waals surface area contributed by atoms with Crippen molar-refractivity contribution in [1.82, 2.24) is 4.98 Å². The van der Waals surface area contributed by atoms with Gasteiger partial charge in [0.15, 0.2) is 11.5 Å². The summed E-state index contributed by atoms with van der Waals surface area (Å²) in [5.74, 6) is 0.450. The maximum absolute atomic E-state index is 13.8. The molecule has 1 fully saturated rings. The molecule has 35 heavy (non-hydrogen) atoms. The van der Waals surface area contributed by atoms with Gasteiger partial charge in [0.25, 0.3) is 0 Å². The Morgan fingerprint density at radius 3 is 2.46 bits per heavy atom. The van der Waals surface area contributed by atoms with Crippen LogP contribution >= 0.6 is 0 Å². The number of nitrogens with zero attached hydrogens (tertiary/aromatic N) is 2. The van der Waals surface area contributed by atoms with Gasteiger partial charge in [-0.1, -0.05) is 55.3 Å². The second-order valence-electron chi connectivity index (χ2n) is 9.02. The average molecular weight is 475 g/mol. The van der Waals surface area contributed by atoms with Crippen LogP contribution in [0.4, 0.5) is 15.0 Å². The summed E-state index contributed by atoms with van der Waals surface area (Å²) >= 11 is 0. The van der Waals surface area contributed by atoms with Crippen LogP contribution in [0, 0.1) is 5.82 Å². The number of pyridine rings is 1. The van der Waals surface area contributed by atoms with Gasteiger partial charge in [-0.3, -0.25) is 4.79 Å². The van der Waals surface area contributed by atoms with Crippen molar-refractivity contribution in [1.29, 1.82) is 0 Å². The molecule has 2 heterocycles. The first kappa shape index (κ1) is 23.0. The molecule has 1 aliphatic carbocycles. The zero-order valence-electron chi connectivity index (χ0n) is 19.6. The van der Waals surface area contributed by atoms with Crippen molar-refractivity contribution in [3.8, 4) is 16.9 Å². The predicted molar refractivity (Wildman–Crippen MR) is 130 cm³/mol. The zero-order chi connectivity index (χ0) is 24.4. The Labute approximate surface area is 203 Å². The molecule has 0 unspecified atom stereocenters. The molecule has 2 aromatic carbocycles. The summed E-state index contributed by atoms with van der Waals surface area (Å²) in [6.45, 7) is 1.14. The van der Waals surface area contributed by atoms with Crippen LogP contribution < -0.4 is 9.64 Å². The number of halogens is 1. The van der Waals surface area contributed by atoms with Crippen molar-refractivity contribution < 1.29 is 23.5 Å². The van der Waals surface area contributed by atoms with E-state index in [1.807, 2.05) is 30.3 Å². The van der Waals surface area contributed by atoms with Crippen LogP contribution in [0.2, 0.25) is 0 Å². The topological polar surface area (TPSA) is 68.7 Å². The Morgan fingerprint density at radius 1 is 1.06 bits per heavy atom. The number of anilines is 1. The first-order chi connectivity index (χ1) is 17.0. The van der Waals surface area contributed by atoms with E-state index in [1.54, 1.807) is 12.1 Å². The lowest BCUT2D eigenvalue weighted by atomic mass is 9.89. The van der Waals surface area contributed by atoms with Crippen LogP contribution in [0.1, 0.15) is 59.6 Å². The Bertz CT molecular complexity index is 1240. The lowest BCUT2D eigenvalue weighted by Gasteiger charge is -2.33. The van der Waals surface area contributed by atoms with Crippen molar-refractivity contribution in [2.75, 3.05) is 18.6 Å². The smallest absolute Gasteiger partial charge is 0.437 e. The number of ether oxygens (including phenoxy) is 2. The van der Waals surface area contributed by atoms with Gasteiger partial charge in [0.05, 0.1) is 18.4 Å². The fourth-order valence-electron chi connectivity index (χ4n) is 5.09. The van der Waals surface area contributed by atoms with Gasteiger partial charge in [-0.25, -0.2) is 14.2 Å². The maximum Gasteiger partial charge on any atom is 0.513 e. The largest absolute Gasteiger partial charge is 0.513 e. The molecule has 1 aliphatic heterocycles. The quantitative estimate of drug-likeness (QED) is 0.405. The number of aromatic nitrogens is 1. The van der Waals surface area contributed by atoms with Crippen molar-refractivity contribution in [3.05, 3.63) is 77.2 Å². The summed E-state index contributed by atoms with van der Waals surface area (Å²) < 4.78 is 24.3. The van der Waals surface area contributed by atoms with Gasteiger partial charge in [-0.05, 0) is 36.1 Å². The minimum absolute atomic E-state index is 0.0798. The fraction of sp³-hybridized carbons (Fsp3) is 0.321. The number of rotatable bonds is 5. The number of methoxy groups -OCH3 is 1. The Balaban J connectivity index is 1.75. The number of carbonyl (C=O) groups excluding carboxylic acids is 2. The molecule has 0 saturated heterocycles. The van der Waals surface area contributed by atoms with Crippen molar-refractivity contribution >= 4 is 17.8 Å². The van der Waals surface area contributed by atoms with Gasteiger partial charge in [0.1, 0.15) is 11.6 Å². The number of hydrogen-bond acceptors (Lipinski definition) is 6. The third kappa shape index (κ3) is 4.63. The molecule has 0 amide bonds. The summed E-state index contributed by atoms with van der Waals surface area (Å²) in [6, 6.07) is 15.9. The third-order valence-electron chi connectivity index (χ3n) is 6.79. The second kappa shape index (κ2) is 9.86. The predicted octanol–water partition coefficient (Wildman–Crippen LogP) is 6.28. The zero-order valence-corrected chi connectivity index (χ0v) is 19.6. The van der Waals surface area contributed by atoms with Gasteiger partial charge in [-0.2, -0.15) is 0 Å². The van der Waals surface area contributed by atoms with E-state index in [0.29, 0.717) is 47.7 Å². The highest BCUT2D eigenvalue weighted by Gasteiger charge is 2.36. The van der Waals surface area contributed by atoms with Gasteiger partial charge < -0.3 is 14.4 Å². The number of fused-ring (bicyclic) bond motifs is 1. The van der Waals surface area contributed by atoms with Crippen LogP contribution in [0.3, 0.4) is 0 Å². The van der Waals surface area contributed by atoms with E-state index in [2.05, 4.69) is 4.90 Å². The first-order valence-electron chi connectivity index (χ1n) is 12.0. The van der Waals surface area contributed by atoms with E-state index in [4.69, 9.17) is 14.5 Å². The summed E-state index contributed by atoms with van der Waals surface area (Å²) in [5.41, 5.74) is 3.23. The fourth-order valence-corrected chi connectivity index (χ4v) is 5.09. The number of ketones is 1. The first-order valence-corrected chi connectivity index (χ1v) is 12.0. The van der Waals surface area contributed by atoms with Crippen molar-refractivity contribution in [2.24, 2.45) is 0 Å². The van der Waals surface area contributed by atoms with Crippen LogP contribution in [-0.2, 0) is 11.3 Å². The molecular formula is C28H27FN2O4. The van der Waals surface area contributed by atoms with E-state index >= 15 is 0 Å². The maximum atomic E-state index is 13.8.